The largest absolute Gasteiger partial charge is 0.491 e. The summed E-state index contributed by atoms with van der Waals surface area (Å²) in [6.45, 7) is 1.09. The summed E-state index contributed by atoms with van der Waals surface area (Å²) < 4.78 is 44.6. The van der Waals surface area contributed by atoms with Crippen LogP contribution in [-0.4, -0.2) is 16.2 Å². The predicted octanol–water partition coefficient (Wildman–Crippen LogP) is 2.95. The van der Waals surface area contributed by atoms with Gasteiger partial charge in [-0.15, -0.1) is 0 Å². The highest BCUT2D eigenvalue weighted by atomic mass is 19.4. The average Bonchev–Trinajstić information content (AvgIpc) is 2.88. The second kappa shape index (κ2) is 5.85. The first-order valence-corrected chi connectivity index (χ1v) is 6.02. The Labute approximate surface area is 114 Å². The second-order valence-corrected chi connectivity index (χ2v) is 4.25. The van der Waals surface area contributed by atoms with Gasteiger partial charge in [0.05, 0.1) is 24.2 Å². The summed E-state index contributed by atoms with van der Waals surface area (Å²) in [7, 11) is 0. The number of alkyl halides is 3. The van der Waals surface area contributed by atoms with Crippen molar-refractivity contribution in [3.63, 3.8) is 0 Å². The molecule has 108 valence electrons. The van der Waals surface area contributed by atoms with Crippen LogP contribution in [0.15, 0.2) is 36.9 Å². The molecule has 20 heavy (non-hydrogen) atoms. The Hall–Kier alpha value is -2.18. The molecule has 0 atom stereocenters. The van der Waals surface area contributed by atoms with Gasteiger partial charge in [0.25, 0.3) is 0 Å². The smallest absolute Gasteiger partial charge is 0.416 e. The molecule has 7 heteroatoms. The number of aryl methyl sites for hydroxylation is 1. The molecule has 0 saturated carbocycles. The van der Waals surface area contributed by atoms with Crippen LogP contribution in [0, 0.1) is 0 Å². The zero-order chi connectivity index (χ0) is 14.6. The average molecular weight is 285 g/mol. The topological polar surface area (TPSA) is 53.1 Å². The molecule has 0 unspecified atom stereocenters. The third-order valence-corrected chi connectivity index (χ3v) is 2.71. The maximum absolute atomic E-state index is 12.5. The Morgan fingerprint density at radius 1 is 1.30 bits per heavy atom. The molecule has 0 radical (unpaired) electrons. The number of halogens is 3. The number of hydrogen-bond donors (Lipinski definition) is 1. The van der Waals surface area contributed by atoms with Crippen molar-refractivity contribution < 1.29 is 17.9 Å². The zero-order valence-electron chi connectivity index (χ0n) is 10.6. The summed E-state index contributed by atoms with van der Waals surface area (Å²) in [5.41, 5.74) is 4.77. The lowest BCUT2D eigenvalue weighted by Gasteiger charge is -2.12. The van der Waals surface area contributed by atoms with E-state index in [1.165, 1.54) is 6.07 Å². The number of nitrogens with zero attached hydrogens (tertiary/aromatic N) is 2. The van der Waals surface area contributed by atoms with Crippen molar-refractivity contribution in [3.05, 3.63) is 42.5 Å². The molecule has 1 aromatic carbocycles. The molecular weight excluding hydrogens is 271 g/mol. The molecule has 0 aliphatic rings. The maximum Gasteiger partial charge on any atom is 0.416 e. The highest BCUT2D eigenvalue weighted by Crippen LogP contribution is 2.33. The van der Waals surface area contributed by atoms with Gasteiger partial charge < -0.3 is 15.0 Å². The van der Waals surface area contributed by atoms with Crippen molar-refractivity contribution in [3.8, 4) is 5.75 Å². The fourth-order valence-electron chi connectivity index (χ4n) is 1.70. The molecule has 0 amide bonds. The van der Waals surface area contributed by atoms with E-state index in [0.717, 1.165) is 18.7 Å². The van der Waals surface area contributed by atoms with E-state index in [9.17, 15) is 13.2 Å². The summed E-state index contributed by atoms with van der Waals surface area (Å²) in [6.07, 6.45) is 1.50. The van der Waals surface area contributed by atoms with Crippen molar-refractivity contribution in [1.29, 1.82) is 0 Å². The van der Waals surface area contributed by atoms with Crippen LogP contribution in [0.3, 0.4) is 0 Å². The number of hydrogen-bond acceptors (Lipinski definition) is 3. The lowest BCUT2D eigenvalue weighted by atomic mass is 10.2. The molecule has 2 N–H and O–H groups in total. The standard InChI is InChI=1S/C13H14F3N3O/c14-13(15,16)10-2-3-12(11(17)8-10)20-7-1-5-19-6-4-18-9-19/h2-4,6,8-9H,1,5,7,17H2. The molecule has 1 aromatic heterocycles. The molecular formula is C13H14F3N3O. The summed E-state index contributed by atoms with van der Waals surface area (Å²) in [5.74, 6) is 0.267. The number of imidazole rings is 1. The van der Waals surface area contributed by atoms with Crippen molar-refractivity contribution >= 4 is 5.69 Å². The van der Waals surface area contributed by atoms with Crippen LogP contribution in [0.25, 0.3) is 0 Å². The van der Waals surface area contributed by atoms with Crippen molar-refractivity contribution in [2.24, 2.45) is 0 Å². The van der Waals surface area contributed by atoms with E-state index in [1.54, 1.807) is 12.5 Å². The molecule has 0 aliphatic carbocycles. The zero-order valence-corrected chi connectivity index (χ0v) is 10.6. The number of aromatic nitrogens is 2. The van der Waals surface area contributed by atoms with Crippen LogP contribution in [0.4, 0.5) is 18.9 Å². The molecule has 0 spiro atoms. The minimum atomic E-state index is -4.39. The van der Waals surface area contributed by atoms with E-state index in [2.05, 4.69) is 4.98 Å². The number of anilines is 1. The molecule has 0 fully saturated rings. The number of benzene rings is 1. The third kappa shape index (κ3) is 3.66. The molecule has 4 nitrogen and oxygen atoms in total. The first kappa shape index (κ1) is 14.2. The number of ether oxygens (including phenoxy) is 1. The SMILES string of the molecule is Nc1cc(C(F)(F)F)ccc1OCCCn1ccnc1. The predicted molar refractivity (Wildman–Crippen MR) is 68.2 cm³/mol. The van der Waals surface area contributed by atoms with E-state index >= 15 is 0 Å². The van der Waals surface area contributed by atoms with E-state index < -0.39 is 11.7 Å². The highest BCUT2D eigenvalue weighted by molar-refractivity contribution is 5.54. The van der Waals surface area contributed by atoms with Crippen LogP contribution in [0.2, 0.25) is 0 Å². The van der Waals surface area contributed by atoms with Gasteiger partial charge in [0.2, 0.25) is 0 Å². The molecule has 0 aliphatic heterocycles. The van der Waals surface area contributed by atoms with E-state index in [0.29, 0.717) is 13.0 Å². The van der Waals surface area contributed by atoms with Crippen molar-refractivity contribution in [1.82, 2.24) is 9.55 Å². The molecule has 1 heterocycles. The van der Waals surface area contributed by atoms with Gasteiger partial charge in [-0.1, -0.05) is 0 Å². The van der Waals surface area contributed by atoms with Crippen LogP contribution in [0.1, 0.15) is 12.0 Å². The van der Waals surface area contributed by atoms with Gasteiger partial charge >= 0.3 is 6.18 Å². The minimum Gasteiger partial charge on any atom is -0.491 e. The second-order valence-electron chi connectivity index (χ2n) is 4.25. The van der Waals surface area contributed by atoms with Gasteiger partial charge in [0.15, 0.2) is 0 Å². The van der Waals surface area contributed by atoms with Gasteiger partial charge in [-0.25, -0.2) is 4.98 Å². The fraction of sp³-hybridized carbons (Fsp3) is 0.308. The maximum atomic E-state index is 12.5. The normalized spacial score (nSPS) is 11.6. The van der Waals surface area contributed by atoms with E-state index in [1.807, 2.05) is 10.8 Å². The van der Waals surface area contributed by atoms with E-state index in [4.69, 9.17) is 10.5 Å². The number of rotatable bonds is 5. The summed E-state index contributed by atoms with van der Waals surface area (Å²) in [5, 5.41) is 0. The Morgan fingerprint density at radius 2 is 2.10 bits per heavy atom. The lowest BCUT2D eigenvalue weighted by Crippen LogP contribution is -2.08. The minimum absolute atomic E-state index is 0.0116. The van der Waals surface area contributed by atoms with Gasteiger partial charge in [-0.3, -0.25) is 0 Å². The Balaban J connectivity index is 1.87. The number of nitrogens with two attached hydrogens (primary N) is 1. The summed E-state index contributed by atoms with van der Waals surface area (Å²) in [6, 6.07) is 3.09. The first-order valence-electron chi connectivity index (χ1n) is 6.02. The Bertz CT molecular complexity index is 552. The van der Waals surface area contributed by atoms with Crippen LogP contribution in [-0.2, 0) is 12.7 Å². The Morgan fingerprint density at radius 3 is 2.70 bits per heavy atom. The first-order chi connectivity index (χ1) is 9.47. The Kier molecular flexibility index (Phi) is 4.16. The molecule has 0 bridgehead atoms. The third-order valence-electron chi connectivity index (χ3n) is 2.71. The van der Waals surface area contributed by atoms with Gasteiger partial charge in [0.1, 0.15) is 5.75 Å². The fourth-order valence-corrected chi connectivity index (χ4v) is 1.70. The van der Waals surface area contributed by atoms with E-state index in [-0.39, 0.29) is 11.4 Å². The number of nitrogen functional groups attached to an aromatic ring is 1. The quantitative estimate of drug-likeness (QED) is 0.678. The van der Waals surface area contributed by atoms with Crippen LogP contribution < -0.4 is 10.5 Å². The summed E-state index contributed by atoms with van der Waals surface area (Å²) >= 11 is 0. The van der Waals surface area contributed by atoms with Gasteiger partial charge in [-0.05, 0) is 24.6 Å². The highest BCUT2D eigenvalue weighted by Gasteiger charge is 2.30. The molecule has 0 saturated heterocycles. The van der Waals surface area contributed by atoms with Crippen molar-refractivity contribution in [2.45, 2.75) is 19.1 Å². The summed E-state index contributed by atoms with van der Waals surface area (Å²) in [4.78, 5) is 3.90. The lowest BCUT2D eigenvalue weighted by molar-refractivity contribution is -0.137. The van der Waals surface area contributed by atoms with Gasteiger partial charge in [-0.2, -0.15) is 13.2 Å². The van der Waals surface area contributed by atoms with Crippen molar-refractivity contribution in [2.75, 3.05) is 12.3 Å². The van der Waals surface area contributed by atoms with Crippen LogP contribution in [0.5, 0.6) is 5.75 Å². The monoisotopic (exact) mass is 285 g/mol. The molecule has 2 rings (SSSR count). The van der Waals surface area contributed by atoms with Gasteiger partial charge in [0, 0.05) is 18.9 Å². The van der Waals surface area contributed by atoms with Crippen LogP contribution >= 0.6 is 0 Å². The molecule has 2 aromatic rings.